The van der Waals surface area contributed by atoms with Crippen LogP contribution in [0.1, 0.15) is 42.4 Å². The smallest absolute Gasteiger partial charge is 0.220 e. The van der Waals surface area contributed by atoms with Gasteiger partial charge in [0.15, 0.2) is 0 Å². The van der Waals surface area contributed by atoms with Crippen molar-refractivity contribution < 1.29 is 4.79 Å². The first kappa shape index (κ1) is 11.2. The lowest BCUT2D eigenvalue weighted by Crippen LogP contribution is -2.27. The summed E-state index contributed by atoms with van der Waals surface area (Å²) in [5.41, 5.74) is 3.91. The third-order valence-corrected chi connectivity index (χ3v) is 3.51. The fraction of sp³-hybridized carbons (Fsp3) is 0.500. The molecule has 0 saturated carbocycles. The molecule has 16 heavy (non-hydrogen) atoms. The van der Waals surface area contributed by atoms with Crippen LogP contribution in [0, 0.1) is 13.8 Å². The number of carbonyl (C=O) groups is 1. The molecule has 1 aliphatic rings. The molecule has 1 heterocycles. The molecule has 0 aromatic heterocycles. The molecule has 1 aromatic rings. The Morgan fingerprint density at radius 3 is 2.81 bits per heavy atom. The molecule has 0 aliphatic carbocycles. The summed E-state index contributed by atoms with van der Waals surface area (Å²) in [4.78, 5) is 11.5. The number of aryl methyl sites for hydroxylation is 2. The highest BCUT2D eigenvalue weighted by Gasteiger charge is 2.32. The van der Waals surface area contributed by atoms with Gasteiger partial charge in [-0.1, -0.05) is 30.7 Å². The molecule has 1 saturated heterocycles. The predicted molar refractivity (Wildman–Crippen MR) is 65.5 cm³/mol. The van der Waals surface area contributed by atoms with Crippen LogP contribution in [0.15, 0.2) is 18.2 Å². The Morgan fingerprint density at radius 1 is 1.38 bits per heavy atom. The Labute approximate surface area is 97.1 Å². The van der Waals surface area contributed by atoms with E-state index >= 15 is 0 Å². The maximum absolute atomic E-state index is 11.5. The lowest BCUT2D eigenvalue weighted by Gasteiger charge is -2.19. The van der Waals surface area contributed by atoms with Gasteiger partial charge in [-0.15, -0.1) is 0 Å². The number of amides is 1. The fourth-order valence-electron chi connectivity index (χ4n) is 2.58. The second-order valence-corrected chi connectivity index (χ2v) is 4.75. The summed E-state index contributed by atoms with van der Waals surface area (Å²) in [6, 6.07) is 6.82. The average molecular weight is 217 g/mol. The van der Waals surface area contributed by atoms with E-state index in [0.29, 0.717) is 18.4 Å². The highest BCUT2D eigenvalue weighted by molar-refractivity contribution is 5.80. The highest BCUT2D eigenvalue weighted by atomic mass is 16.2. The minimum absolute atomic E-state index is 0.192. The lowest BCUT2D eigenvalue weighted by atomic mass is 9.87. The molecule has 1 amide bonds. The molecular weight excluding hydrogens is 198 g/mol. The number of benzene rings is 1. The van der Waals surface area contributed by atoms with Crippen LogP contribution in [0.25, 0.3) is 0 Å². The molecule has 0 radical (unpaired) electrons. The van der Waals surface area contributed by atoms with Crippen molar-refractivity contribution in [3.63, 3.8) is 0 Å². The average Bonchev–Trinajstić information content (AvgIpc) is 2.63. The molecule has 1 N–H and O–H groups in total. The second-order valence-electron chi connectivity index (χ2n) is 4.75. The quantitative estimate of drug-likeness (QED) is 0.810. The van der Waals surface area contributed by atoms with E-state index in [9.17, 15) is 4.79 Å². The van der Waals surface area contributed by atoms with Crippen LogP contribution < -0.4 is 5.32 Å². The molecule has 1 aromatic carbocycles. The SMILES string of the molecule is CCC1NC(=O)CC1c1cc(C)ccc1C. The molecule has 2 atom stereocenters. The van der Waals surface area contributed by atoms with Gasteiger partial charge >= 0.3 is 0 Å². The van der Waals surface area contributed by atoms with Crippen molar-refractivity contribution in [2.45, 2.75) is 45.6 Å². The van der Waals surface area contributed by atoms with Crippen molar-refractivity contribution in [2.24, 2.45) is 0 Å². The fourth-order valence-corrected chi connectivity index (χ4v) is 2.58. The molecule has 2 heteroatoms. The van der Waals surface area contributed by atoms with Gasteiger partial charge in [-0.3, -0.25) is 4.79 Å². The van der Waals surface area contributed by atoms with Crippen LogP contribution in [0.4, 0.5) is 0 Å². The van der Waals surface area contributed by atoms with Gasteiger partial charge in [0.2, 0.25) is 5.91 Å². The van der Waals surface area contributed by atoms with Gasteiger partial charge in [0.25, 0.3) is 0 Å². The third kappa shape index (κ3) is 1.97. The van der Waals surface area contributed by atoms with Crippen LogP contribution in [0.2, 0.25) is 0 Å². The minimum Gasteiger partial charge on any atom is -0.353 e. The Hall–Kier alpha value is -1.31. The van der Waals surface area contributed by atoms with Gasteiger partial charge in [-0.2, -0.15) is 0 Å². The Kier molecular flexibility index (Phi) is 2.99. The number of hydrogen-bond acceptors (Lipinski definition) is 1. The second kappa shape index (κ2) is 4.28. The van der Waals surface area contributed by atoms with E-state index in [-0.39, 0.29) is 5.91 Å². The van der Waals surface area contributed by atoms with E-state index in [1.807, 2.05) is 0 Å². The van der Waals surface area contributed by atoms with Crippen LogP contribution in [0.5, 0.6) is 0 Å². The summed E-state index contributed by atoms with van der Waals surface area (Å²) in [6.45, 7) is 6.37. The third-order valence-electron chi connectivity index (χ3n) is 3.51. The predicted octanol–water partition coefficient (Wildman–Crippen LogP) is 2.69. The minimum atomic E-state index is 0.192. The van der Waals surface area contributed by atoms with Crippen LogP contribution >= 0.6 is 0 Å². The summed E-state index contributed by atoms with van der Waals surface area (Å²) < 4.78 is 0. The van der Waals surface area contributed by atoms with Gasteiger partial charge < -0.3 is 5.32 Å². The zero-order chi connectivity index (χ0) is 11.7. The van der Waals surface area contributed by atoms with Crippen LogP contribution in [-0.2, 0) is 4.79 Å². The molecule has 2 rings (SSSR count). The van der Waals surface area contributed by atoms with Gasteiger partial charge in [-0.25, -0.2) is 0 Å². The summed E-state index contributed by atoms with van der Waals surface area (Å²) in [6.07, 6.45) is 1.65. The summed E-state index contributed by atoms with van der Waals surface area (Å²) >= 11 is 0. The standard InChI is InChI=1S/C14H19NO/c1-4-13-12(8-14(16)15-13)11-7-9(2)5-6-10(11)3/h5-7,12-13H,4,8H2,1-3H3,(H,15,16). The van der Waals surface area contributed by atoms with E-state index in [2.05, 4.69) is 44.3 Å². The first-order chi connectivity index (χ1) is 7.61. The monoisotopic (exact) mass is 217 g/mol. The van der Waals surface area contributed by atoms with Crippen molar-refractivity contribution in [1.29, 1.82) is 0 Å². The highest BCUT2D eigenvalue weighted by Crippen LogP contribution is 2.32. The van der Waals surface area contributed by atoms with E-state index in [4.69, 9.17) is 0 Å². The molecular formula is C14H19NO. The van der Waals surface area contributed by atoms with Gasteiger partial charge in [0.1, 0.15) is 0 Å². The Morgan fingerprint density at radius 2 is 2.12 bits per heavy atom. The van der Waals surface area contributed by atoms with Crippen LogP contribution in [0.3, 0.4) is 0 Å². The van der Waals surface area contributed by atoms with Gasteiger partial charge in [0.05, 0.1) is 0 Å². The topological polar surface area (TPSA) is 29.1 Å². The Bertz CT molecular complexity index is 411. The molecule has 0 spiro atoms. The number of rotatable bonds is 2. The van der Waals surface area contributed by atoms with E-state index in [1.54, 1.807) is 0 Å². The first-order valence-electron chi connectivity index (χ1n) is 5.98. The van der Waals surface area contributed by atoms with Crippen molar-refractivity contribution in [2.75, 3.05) is 0 Å². The van der Waals surface area contributed by atoms with Crippen molar-refractivity contribution >= 4 is 5.91 Å². The number of hydrogen-bond donors (Lipinski definition) is 1. The number of nitrogens with one attached hydrogen (secondary N) is 1. The molecule has 2 nitrogen and oxygen atoms in total. The maximum Gasteiger partial charge on any atom is 0.220 e. The summed E-state index contributed by atoms with van der Waals surface area (Å²) in [5.74, 6) is 0.551. The number of carbonyl (C=O) groups excluding carboxylic acids is 1. The Balaban J connectivity index is 2.35. The van der Waals surface area contributed by atoms with Crippen molar-refractivity contribution in [3.05, 3.63) is 34.9 Å². The zero-order valence-electron chi connectivity index (χ0n) is 10.2. The largest absolute Gasteiger partial charge is 0.353 e. The van der Waals surface area contributed by atoms with E-state index in [0.717, 1.165) is 6.42 Å². The van der Waals surface area contributed by atoms with Crippen LogP contribution in [-0.4, -0.2) is 11.9 Å². The molecule has 1 aliphatic heterocycles. The summed E-state index contributed by atoms with van der Waals surface area (Å²) in [5, 5.41) is 3.06. The van der Waals surface area contributed by atoms with Crippen molar-refractivity contribution in [1.82, 2.24) is 5.32 Å². The maximum atomic E-state index is 11.5. The molecule has 1 fully saturated rings. The van der Waals surface area contributed by atoms with Gasteiger partial charge in [-0.05, 0) is 31.4 Å². The first-order valence-corrected chi connectivity index (χ1v) is 5.98. The van der Waals surface area contributed by atoms with Crippen molar-refractivity contribution in [3.8, 4) is 0 Å². The van der Waals surface area contributed by atoms with E-state index in [1.165, 1.54) is 16.7 Å². The normalized spacial score (nSPS) is 24.6. The molecule has 2 unspecified atom stereocenters. The molecule has 0 bridgehead atoms. The van der Waals surface area contributed by atoms with E-state index < -0.39 is 0 Å². The lowest BCUT2D eigenvalue weighted by molar-refractivity contribution is -0.119. The molecule has 86 valence electrons. The van der Waals surface area contributed by atoms with Gasteiger partial charge in [0, 0.05) is 18.4 Å². The zero-order valence-corrected chi connectivity index (χ0v) is 10.2. The summed E-state index contributed by atoms with van der Waals surface area (Å²) in [7, 11) is 0.